The minimum absolute atomic E-state index is 0.148. The van der Waals surface area contributed by atoms with Crippen molar-refractivity contribution in [2.45, 2.75) is 32.9 Å². The lowest BCUT2D eigenvalue weighted by molar-refractivity contribution is 0.0139. The number of piperazine rings is 1. The number of benzene rings is 2. The summed E-state index contributed by atoms with van der Waals surface area (Å²) in [4.78, 5) is 28.8. The Hall–Kier alpha value is -2.63. The summed E-state index contributed by atoms with van der Waals surface area (Å²) in [5.74, 6) is -0.148. The highest BCUT2D eigenvalue weighted by Crippen LogP contribution is 2.23. The predicted molar refractivity (Wildman–Crippen MR) is 127 cm³/mol. The van der Waals surface area contributed by atoms with Crippen molar-refractivity contribution in [1.82, 2.24) is 9.80 Å². The van der Waals surface area contributed by atoms with Gasteiger partial charge in [0.1, 0.15) is 5.60 Å². The zero-order valence-corrected chi connectivity index (χ0v) is 19.5. The maximum Gasteiger partial charge on any atom is 0.410 e. The lowest BCUT2D eigenvalue weighted by Gasteiger charge is -2.35. The molecule has 2 N–H and O–H groups in total. The maximum atomic E-state index is 12.6. The normalized spacial score (nSPS) is 14.8. The van der Waals surface area contributed by atoms with Gasteiger partial charge in [0.15, 0.2) is 0 Å². The summed E-state index contributed by atoms with van der Waals surface area (Å²) in [6.07, 6.45) is -0.249. The summed E-state index contributed by atoms with van der Waals surface area (Å²) in [6.45, 7) is 9.30. The lowest BCUT2D eigenvalue weighted by Crippen LogP contribution is -2.49. The van der Waals surface area contributed by atoms with Crippen LogP contribution in [0.5, 0.6) is 0 Å². The summed E-state index contributed by atoms with van der Waals surface area (Å²) in [5, 5.41) is 5.93. The molecule has 1 heterocycles. The maximum absolute atomic E-state index is 12.6. The largest absolute Gasteiger partial charge is 0.444 e. The Morgan fingerprint density at radius 2 is 1.58 bits per heavy atom. The van der Waals surface area contributed by atoms with Crippen molar-refractivity contribution in [3.8, 4) is 0 Å². The van der Waals surface area contributed by atoms with Gasteiger partial charge in [0.25, 0.3) is 5.91 Å². The summed E-state index contributed by atoms with van der Waals surface area (Å²) in [7, 11) is 2.44. The zero-order valence-electron chi connectivity index (χ0n) is 18.4. The highest BCUT2D eigenvalue weighted by atomic mass is 31.0. The van der Waals surface area contributed by atoms with Gasteiger partial charge in [-0.1, -0.05) is 24.3 Å². The van der Waals surface area contributed by atoms with Gasteiger partial charge in [-0.05, 0) is 60.0 Å². The molecule has 0 spiro atoms. The van der Waals surface area contributed by atoms with Crippen molar-refractivity contribution in [1.29, 1.82) is 0 Å². The molecule has 166 valence electrons. The van der Waals surface area contributed by atoms with Gasteiger partial charge in [0.2, 0.25) is 0 Å². The first-order chi connectivity index (χ1) is 14.7. The fraction of sp³-hybridized carbons (Fsp3) is 0.391. The molecule has 0 bridgehead atoms. The van der Waals surface area contributed by atoms with Crippen molar-refractivity contribution in [3.05, 3.63) is 59.7 Å². The van der Waals surface area contributed by atoms with Crippen molar-refractivity contribution >= 4 is 32.8 Å². The smallest absolute Gasteiger partial charge is 0.410 e. The minimum Gasteiger partial charge on any atom is -0.444 e. The predicted octanol–water partition coefficient (Wildman–Crippen LogP) is 4.19. The number of rotatable bonds is 5. The van der Waals surface area contributed by atoms with E-state index in [4.69, 9.17) is 4.74 Å². The quantitative estimate of drug-likeness (QED) is 0.680. The molecule has 0 aromatic heterocycles. The van der Waals surface area contributed by atoms with E-state index in [2.05, 4.69) is 24.7 Å². The standard InChI is InChI=1S/C23H31N4O3P/c1-23(2,3)30-22(29)27-14-12-26(13-15-27)16-17-8-10-18(11-9-17)21(28)24-19-6-4-5-7-20(19)25-31/h4-11,25H,12-16,31H2,1-3H3,(H,24,28). The summed E-state index contributed by atoms with van der Waals surface area (Å²) in [5.41, 5.74) is 2.83. The fourth-order valence-corrected chi connectivity index (χ4v) is 3.60. The molecule has 1 atom stereocenters. The van der Waals surface area contributed by atoms with Crippen LogP contribution in [0.1, 0.15) is 36.7 Å². The number of carbonyl (C=O) groups excluding carboxylic acids is 2. The number of anilines is 2. The number of para-hydroxylation sites is 2. The molecule has 3 rings (SSSR count). The van der Waals surface area contributed by atoms with Crippen molar-refractivity contribution in [2.24, 2.45) is 0 Å². The van der Waals surface area contributed by atoms with Gasteiger partial charge in [-0.15, -0.1) is 0 Å². The van der Waals surface area contributed by atoms with Gasteiger partial charge in [-0.2, -0.15) is 0 Å². The molecule has 1 unspecified atom stereocenters. The van der Waals surface area contributed by atoms with Gasteiger partial charge in [0, 0.05) is 38.3 Å². The van der Waals surface area contributed by atoms with Gasteiger partial charge in [0.05, 0.1) is 11.4 Å². The first kappa shape index (κ1) is 23.0. The first-order valence-corrected chi connectivity index (χ1v) is 11.0. The van der Waals surface area contributed by atoms with Crippen LogP contribution < -0.4 is 10.4 Å². The molecule has 0 aliphatic carbocycles. The Morgan fingerprint density at radius 1 is 0.968 bits per heavy atom. The molecule has 2 aromatic carbocycles. The topological polar surface area (TPSA) is 73.9 Å². The molecular weight excluding hydrogens is 411 g/mol. The second-order valence-electron chi connectivity index (χ2n) is 8.58. The van der Waals surface area contributed by atoms with Crippen LogP contribution in [0.3, 0.4) is 0 Å². The highest BCUT2D eigenvalue weighted by molar-refractivity contribution is 7.18. The van der Waals surface area contributed by atoms with Crippen LogP contribution in [0.4, 0.5) is 16.2 Å². The molecule has 0 radical (unpaired) electrons. The van der Waals surface area contributed by atoms with Crippen LogP contribution in [0.2, 0.25) is 0 Å². The van der Waals surface area contributed by atoms with Crippen LogP contribution in [0.15, 0.2) is 48.5 Å². The van der Waals surface area contributed by atoms with Crippen LogP contribution >= 0.6 is 9.39 Å². The molecule has 31 heavy (non-hydrogen) atoms. The Balaban J connectivity index is 1.51. The molecule has 2 amide bonds. The highest BCUT2D eigenvalue weighted by Gasteiger charge is 2.25. The zero-order chi connectivity index (χ0) is 22.4. The lowest BCUT2D eigenvalue weighted by atomic mass is 10.1. The van der Waals surface area contributed by atoms with E-state index in [9.17, 15) is 9.59 Å². The monoisotopic (exact) mass is 442 g/mol. The van der Waals surface area contributed by atoms with Crippen LogP contribution in [0, 0.1) is 0 Å². The van der Waals surface area contributed by atoms with Gasteiger partial charge in [-0.3, -0.25) is 9.69 Å². The molecule has 7 nitrogen and oxygen atoms in total. The third-order valence-electron chi connectivity index (χ3n) is 4.98. The summed E-state index contributed by atoms with van der Waals surface area (Å²) >= 11 is 0. The number of ether oxygens (including phenoxy) is 1. The second-order valence-corrected chi connectivity index (χ2v) is 8.87. The summed E-state index contributed by atoms with van der Waals surface area (Å²) < 4.78 is 5.45. The number of nitrogens with zero attached hydrogens (tertiary/aromatic N) is 2. The average molecular weight is 443 g/mol. The van der Waals surface area contributed by atoms with Crippen molar-refractivity contribution in [3.63, 3.8) is 0 Å². The summed E-state index contributed by atoms with van der Waals surface area (Å²) in [6, 6.07) is 15.2. The Bertz CT molecular complexity index is 904. The van der Waals surface area contributed by atoms with E-state index < -0.39 is 5.60 Å². The van der Waals surface area contributed by atoms with Crippen LogP contribution in [-0.4, -0.2) is 53.6 Å². The molecule has 0 saturated carbocycles. The molecule has 1 aliphatic rings. The van der Waals surface area contributed by atoms with Crippen molar-refractivity contribution < 1.29 is 14.3 Å². The molecular formula is C23H31N4O3P. The Labute approximate surface area is 186 Å². The van der Waals surface area contributed by atoms with E-state index >= 15 is 0 Å². The molecule has 1 aliphatic heterocycles. The molecule has 1 saturated heterocycles. The SMILES string of the molecule is CC(C)(C)OC(=O)N1CCN(Cc2ccc(C(=O)Nc3ccccc3NP)cc2)CC1. The molecule has 8 heteroatoms. The van der Waals surface area contributed by atoms with Gasteiger partial charge < -0.3 is 20.0 Å². The van der Waals surface area contributed by atoms with Crippen LogP contribution in [-0.2, 0) is 11.3 Å². The van der Waals surface area contributed by atoms with Crippen molar-refractivity contribution in [2.75, 3.05) is 36.6 Å². The van der Waals surface area contributed by atoms with Gasteiger partial charge >= 0.3 is 6.09 Å². The third kappa shape index (κ3) is 6.68. The fourth-order valence-electron chi connectivity index (χ4n) is 3.35. The number of hydrogen-bond acceptors (Lipinski definition) is 5. The van der Waals surface area contributed by atoms with E-state index in [1.807, 2.05) is 69.3 Å². The molecule has 2 aromatic rings. The minimum atomic E-state index is -0.476. The number of amides is 2. The second kappa shape index (κ2) is 10.1. The van der Waals surface area contributed by atoms with Crippen LogP contribution in [0.25, 0.3) is 0 Å². The number of hydrogen-bond donors (Lipinski definition) is 2. The van der Waals surface area contributed by atoms with E-state index in [-0.39, 0.29) is 12.0 Å². The van der Waals surface area contributed by atoms with E-state index in [1.54, 1.807) is 4.90 Å². The van der Waals surface area contributed by atoms with E-state index in [0.29, 0.717) is 18.7 Å². The number of nitrogens with one attached hydrogen (secondary N) is 2. The number of carbonyl (C=O) groups is 2. The van der Waals surface area contributed by atoms with E-state index in [0.717, 1.165) is 36.6 Å². The van der Waals surface area contributed by atoms with E-state index in [1.165, 1.54) is 0 Å². The van der Waals surface area contributed by atoms with Gasteiger partial charge in [-0.25, -0.2) is 4.79 Å². The average Bonchev–Trinajstić information content (AvgIpc) is 2.74. The Morgan fingerprint density at radius 3 is 2.16 bits per heavy atom. The first-order valence-electron chi connectivity index (χ1n) is 10.4. The third-order valence-corrected chi connectivity index (χ3v) is 5.29. The molecule has 1 fully saturated rings. The Kier molecular flexibility index (Phi) is 7.52.